The number of hydrogen-bond donors (Lipinski definition) is 4. The van der Waals surface area contributed by atoms with Crippen LogP contribution in [0.3, 0.4) is 0 Å². The zero-order valence-electron chi connectivity index (χ0n) is 29.8. The molecule has 0 radical (unpaired) electrons. The molecule has 0 bridgehead atoms. The molecule has 1 fully saturated rings. The summed E-state index contributed by atoms with van der Waals surface area (Å²) in [5.74, 6) is -3.82. The van der Waals surface area contributed by atoms with Crippen LogP contribution in [-0.2, 0) is 58.9 Å². The van der Waals surface area contributed by atoms with E-state index in [2.05, 4.69) is 16.0 Å². The van der Waals surface area contributed by atoms with Crippen LogP contribution in [0.25, 0.3) is 0 Å². The molecule has 18 heteroatoms. The van der Waals surface area contributed by atoms with Crippen molar-refractivity contribution < 1.29 is 57.6 Å². The summed E-state index contributed by atoms with van der Waals surface area (Å²) >= 11 is 0. The molecule has 2 aliphatic rings. The Balaban J connectivity index is 1.40. The SMILES string of the molecule is O=C(O)CNC(=O)[C@H](Cc1ccccc1)NC(=O)CNC(=O)CN1CCOCCOCCN(C(=O)CCCN2C(=O)C=CC2=O)CCOCCOCC1. The Morgan fingerprint density at radius 1 is 0.717 bits per heavy atom. The Labute approximate surface area is 308 Å². The Kier molecular flexibility index (Phi) is 19.7. The molecule has 1 aromatic carbocycles. The van der Waals surface area contributed by atoms with Crippen molar-refractivity contribution in [3.8, 4) is 0 Å². The molecule has 0 aliphatic carbocycles. The van der Waals surface area contributed by atoms with Crippen LogP contribution in [-0.4, -0.2) is 172 Å². The second-order valence-corrected chi connectivity index (χ2v) is 12.1. The highest BCUT2D eigenvalue weighted by Gasteiger charge is 2.24. The zero-order valence-corrected chi connectivity index (χ0v) is 29.8. The van der Waals surface area contributed by atoms with Gasteiger partial charge >= 0.3 is 5.97 Å². The number of amides is 6. The number of nitrogens with one attached hydrogen (secondary N) is 3. The van der Waals surface area contributed by atoms with E-state index in [4.69, 9.17) is 24.1 Å². The molecule has 0 spiro atoms. The number of carboxylic acids is 1. The standard InChI is InChI=1S/C35H50N6O12/c42-29(38-28(35(49)37-25-34(47)48)23-27-5-2-1-3-6-27)24-36-30(43)26-39-11-15-50-19-21-52-17-13-40(14-18-53-22-20-51-16-12-39)31(44)7-4-10-41-32(45)8-9-33(41)46/h1-3,5-6,8-9,28H,4,7,10-26H2,(H,36,43)(H,37,49)(H,38,42)(H,47,48)/t28-/m0/s1. The first-order valence-electron chi connectivity index (χ1n) is 17.6. The average Bonchev–Trinajstić information content (AvgIpc) is 3.46. The van der Waals surface area contributed by atoms with Gasteiger partial charge in [0.1, 0.15) is 12.6 Å². The van der Waals surface area contributed by atoms with Gasteiger partial charge < -0.3 is 44.9 Å². The number of imide groups is 1. The Morgan fingerprint density at radius 2 is 1.28 bits per heavy atom. The summed E-state index contributed by atoms with van der Waals surface area (Å²) in [6, 6.07) is 7.87. The van der Waals surface area contributed by atoms with Gasteiger partial charge in [-0.1, -0.05) is 30.3 Å². The van der Waals surface area contributed by atoms with E-state index >= 15 is 0 Å². The predicted molar refractivity (Wildman–Crippen MR) is 187 cm³/mol. The van der Waals surface area contributed by atoms with Crippen LogP contribution >= 0.6 is 0 Å². The smallest absolute Gasteiger partial charge is 0.322 e. The largest absolute Gasteiger partial charge is 0.480 e. The zero-order chi connectivity index (χ0) is 38.3. The fourth-order valence-electron chi connectivity index (χ4n) is 5.24. The molecule has 0 saturated carbocycles. The minimum atomic E-state index is -1.22. The van der Waals surface area contributed by atoms with E-state index in [1.165, 1.54) is 12.2 Å². The number of rotatable bonds is 14. The molecule has 292 valence electrons. The molecule has 0 unspecified atom stereocenters. The lowest BCUT2D eigenvalue weighted by Crippen LogP contribution is -2.51. The quantitative estimate of drug-likeness (QED) is 0.151. The number of nitrogens with zero attached hydrogens (tertiary/aromatic N) is 3. The number of carboxylic acid groups (broad SMARTS) is 1. The Bertz CT molecular complexity index is 1360. The van der Waals surface area contributed by atoms with Crippen molar-refractivity contribution >= 4 is 41.4 Å². The maximum Gasteiger partial charge on any atom is 0.322 e. The highest BCUT2D eigenvalue weighted by molar-refractivity contribution is 6.12. The van der Waals surface area contributed by atoms with E-state index in [0.717, 1.165) is 10.5 Å². The van der Waals surface area contributed by atoms with E-state index < -0.39 is 42.8 Å². The lowest BCUT2D eigenvalue weighted by molar-refractivity contribution is -0.139. The normalized spacial score (nSPS) is 17.7. The summed E-state index contributed by atoms with van der Waals surface area (Å²) in [7, 11) is 0. The van der Waals surface area contributed by atoms with Gasteiger partial charge in [-0.25, -0.2) is 0 Å². The van der Waals surface area contributed by atoms with Gasteiger partial charge in [-0.3, -0.25) is 43.4 Å². The second-order valence-electron chi connectivity index (χ2n) is 12.1. The number of hydrogen-bond acceptors (Lipinski definition) is 12. The number of aliphatic carboxylic acids is 1. The fourth-order valence-corrected chi connectivity index (χ4v) is 5.24. The van der Waals surface area contributed by atoms with Gasteiger partial charge in [0.05, 0.1) is 65.9 Å². The molecule has 1 atom stereocenters. The first kappa shape index (κ1) is 42.7. The summed E-state index contributed by atoms with van der Waals surface area (Å²) in [5.41, 5.74) is 0.756. The topological polar surface area (TPSA) is 222 Å². The van der Waals surface area contributed by atoms with Gasteiger partial charge in [0, 0.05) is 57.7 Å². The van der Waals surface area contributed by atoms with Crippen molar-refractivity contribution in [3.63, 3.8) is 0 Å². The summed E-state index contributed by atoms with van der Waals surface area (Å²) in [4.78, 5) is 90.0. The van der Waals surface area contributed by atoms with E-state index in [9.17, 15) is 33.6 Å². The molecule has 2 aliphatic heterocycles. The van der Waals surface area contributed by atoms with Gasteiger partial charge in [0.15, 0.2) is 0 Å². The average molecular weight is 747 g/mol. The number of benzene rings is 1. The molecule has 1 saturated heterocycles. The molecule has 0 aromatic heterocycles. The predicted octanol–water partition coefficient (Wildman–Crippen LogP) is -2.05. The maximum atomic E-state index is 12.9. The molecule has 6 amide bonds. The monoisotopic (exact) mass is 746 g/mol. The van der Waals surface area contributed by atoms with Crippen molar-refractivity contribution in [2.75, 3.05) is 105 Å². The number of carbonyl (C=O) groups is 7. The van der Waals surface area contributed by atoms with Crippen molar-refractivity contribution in [1.82, 2.24) is 30.7 Å². The molecule has 4 N–H and O–H groups in total. The first-order valence-corrected chi connectivity index (χ1v) is 17.6. The molecular formula is C35H50N6O12. The minimum absolute atomic E-state index is 0.0507. The van der Waals surface area contributed by atoms with Crippen LogP contribution in [0.5, 0.6) is 0 Å². The lowest BCUT2D eigenvalue weighted by Gasteiger charge is -2.24. The molecule has 53 heavy (non-hydrogen) atoms. The fraction of sp³-hybridized carbons (Fsp3) is 0.571. The van der Waals surface area contributed by atoms with Gasteiger partial charge in [0.25, 0.3) is 11.8 Å². The highest BCUT2D eigenvalue weighted by atomic mass is 16.5. The third-order valence-corrected chi connectivity index (χ3v) is 8.05. The first-order chi connectivity index (χ1) is 25.6. The summed E-state index contributed by atoms with van der Waals surface area (Å²) in [6.07, 6.45) is 3.06. The molecule has 2 heterocycles. The van der Waals surface area contributed by atoms with Crippen LogP contribution in [0.1, 0.15) is 18.4 Å². The van der Waals surface area contributed by atoms with Gasteiger partial charge in [-0.05, 0) is 12.0 Å². The Hall–Kier alpha value is -4.75. The van der Waals surface area contributed by atoms with Crippen LogP contribution in [0.2, 0.25) is 0 Å². The van der Waals surface area contributed by atoms with Crippen LogP contribution in [0.4, 0.5) is 0 Å². The van der Waals surface area contributed by atoms with Crippen LogP contribution < -0.4 is 16.0 Å². The van der Waals surface area contributed by atoms with E-state index in [0.29, 0.717) is 32.6 Å². The third-order valence-electron chi connectivity index (χ3n) is 8.05. The molecule has 18 nitrogen and oxygen atoms in total. The van der Waals surface area contributed by atoms with Crippen molar-refractivity contribution in [3.05, 3.63) is 48.0 Å². The lowest BCUT2D eigenvalue weighted by atomic mass is 10.1. The second kappa shape index (κ2) is 24.5. The Morgan fingerprint density at radius 3 is 1.85 bits per heavy atom. The van der Waals surface area contributed by atoms with Crippen molar-refractivity contribution in [2.45, 2.75) is 25.3 Å². The summed E-state index contributed by atoms with van der Waals surface area (Å²) in [5, 5.41) is 16.3. The van der Waals surface area contributed by atoms with E-state index in [1.807, 2.05) is 4.90 Å². The van der Waals surface area contributed by atoms with Gasteiger partial charge in [0.2, 0.25) is 23.6 Å². The van der Waals surface area contributed by atoms with Crippen LogP contribution in [0, 0.1) is 0 Å². The van der Waals surface area contributed by atoms with E-state index in [-0.39, 0.29) is 96.5 Å². The molecule has 3 rings (SSSR count). The summed E-state index contributed by atoms with van der Waals surface area (Å²) < 4.78 is 22.7. The van der Waals surface area contributed by atoms with Gasteiger partial charge in [-0.2, -0.15) is 0 Å². The number of ether oxygens (including phenoxy) is 4. The van der Waals surface area contributed by atoms with Crippen molar-refractivity contribution in [1.29, 1.82) is 0 Å². The molecule has 1 aromatic rings. The highest BCUT2D eigenvalue weighted by Crippen LogP contribution is 2.08. The van der Waals surface area contributed by atoms with Crippen molar-refractivity contribution in [2.24, 2.45) is 0 Å². The molecular weight excluding hydrogens is 696 g/mol. The number of carbonyl (C=O) groups excluding carboxylic acids is 6. The third kappa shape index (κ3) is 17.5. The summed E-state index contributed by atoms with van der Waals surface area (Å²) in [6.45, 7) is 2.78. The maximum absolute atomic E-state index is 12.9. The minimum Gasteiger partial charge on any atom is -0.480 e. The van der Waals surface area contributed by atoms with Crippen LogP contribution in [0.15, 0.2) is 42.5 Å². The van der Waals surface area contributed by atoms with Gasteiger partial charge in [-0.15, -0.1) is 0 Å². The van der Waals surface area contributed by atoms with E-state index in [1.54, 1.807) is 35.2 Å².